The van der Waals surface area contributed by atoms with Gasteiger partial charge in [-0.2, -0.15) is 0 Å². The van der Waals surface area contributed by atoms with Gasteiger partial charge in [-0.15, -0.1) is 0 Å². The van der Waals surface area contributed by atoms with E-state index in [4.69, 9.17) is 9.15 Å². The molecule has 3 rings (SSSR count). The Labute approximate surface area is 132 Å². The fourth-order valence-corrected chi connectivity index (χ4v) is 2.21. The number of carbonyl (C=O) groups excluding carboxylic acids is 2. The van der Waals surface area contributed by atoms with E-state index in [1.165, 1.54) is 7.11 Å². The zero-order valence-corrected chi connectivity index (χ0v) is 12.4. The van der Waals surface area contributed by atoms with Crippen molar-refractivity contribution in [2.75, 3.05) is 7.11 Å². The third-order valence-electron chi connectivity index (χ3n) is 3.34. The first-order valence-electron chi connectivity index (χ1n) is 7.00. The summed E-state index contributed by atoms with van der Waals surface area (Å²) >= 11 is 0. The molecule has 5 nitrogen and oxygen atoms in total. The fourth-order valence-electron chi connectivity index (χ4n) is 2.21. The smallest absolute Gasteiger partial charge is 0.374 e. The summed E-state index contributed by atoms with van der Waals surface area (Å²) in [5.74, 6) is -0.838. The van der Waals surface area contributed by atoms with E-state index in [2.05, 4.69) is 4.74 Å². The molecular formula is C18H14O5. The van der Waals surface area contributed by atoms with E-state index in [-0.39, 0.29) is 12.4 Å². The molecule has 1 aromatic heterocycles. The van der Waals surface area contributed by atoms with E-state index in [0.29, 0.717) is 16.7 Å². The highest BCUT2D eigenvalue weighted by Crippen LogP contribution is 2.20. The Morgan fingerprint density at radius 3 is 2.61 bits per heavy atom. The number of hydrogen-bond acceptors (Lipinski definition) is 5. The van der Waals surface area contributed by atoms with E-state index < -0.39 is 11.9 Å². The number of fused-ring (bicyclic) bond motifs is 1. The average Bonchev–Trinajstić information content (AvgIpc) is 3.03. The van der Waals surface area contributed by atoms with Crippen LogP contribution in [0.4, 0.5) is 0 Å². The van der Waals surface area contributed by atoms with Crippen molar-refractivity contribution in [2.24, 2.45) is 0 Å². The second-order valence-corrected chi connectivity index (χ2v) is 4.92. The number of benzene rings is 2. The molecule has 0 atom stereocenters. The van der Waals surface area contributed by atoms with Crippen LogP contribution in [0.5, 0.6) is 0 Å². The first-order chi connectivity index (χ1) is 11.2. The van der Waals surface area contributed by atoms with E-state index in [0.717, 1.165) is 5.39 Å². The molecule has 0 aliphatic heterocycles. The van der Waals surface area contributed by atoms with E-state index in [9.17, 15) is 9.59 Å². The van der Waals surface area contributed by atoms with Crippen molar-refractivity contribution >= 4 is 22.9 Å². The Bertz CT molecular complexity index is 829. The lowest BCUT2D eigenvalue weighted by molar-refractivity contribution is 0.0438. The minimum atomic E-state index is -0.551. The molecule has 2 aromatic carbocycles. The molecule has 0 unspecified atom stereocenters. The maximum absolute atomic E-state index is 12.1. The highest BCUT2D eigenvalue weighted by atomic mass is 16.5. The van der Waals surface area contributed by atoms with Crippen molar-refractivity contribution in [3.8, 4) is 0 Å². The lowest BCUT2D eigenvalue weighted by atomic mass is 10.1. The van der Waals surface area contributed by atoms with Gasteiger partial charge in [-0.1, -0.05) is 30.3 Å². The van der Waals surface area contributed by atoms with Crippen LogP contribution in [-0.4, -0.2) is 19.0 Å². The lowest BCUT2D eigenvalue weighted by Gasteiger charge is -2.05. The van der Waals surface area contributed by atoms with Crippen LogP contribution in [0, 0.1) is 0 Å². The number of esters is 2. The van der Waals surface area contributed by atoms with Crippen LogP contribution in [0.1, 0.15) is 26.5 Å². The second-order valence-electron chi connectivity index (χ2n) is 4.92. The molecule has 0 saturated carbocycles. The molecule has 3 aromatic rings. The van der Waals surface area contributed by atoms with Crippen molar-refractivity contribution in [2.45, 2.75) is 6.61 Å². The summed E-state index contributed by atoms with van der Waals surface area (Å²) < 4.78 is 15.3. The molecule has 116 valence electrons. The number of methoxy groups -OCH3 is 1. The first-order valence-corrected chi connectivity index (χ1v) is 7.00. The average molecular weight is 310 g/mol. The zero-order chi connectivity index (χ0) is 16.2. The summed E-state index contributed by atoms with van der Waals surface area (Å²) in [5, 5.41) is 0.840. The minimum absolute atomic E-state index is 0.0424. The standard InChI is InChI=1S/C18H14O5/c1-21-17(19)14-7-4-5-12(9-14)11-22-18(20)16-10-13-6-2-3-8-15(13)23-16/h2-10H,11H2,1H3. The second kappa shape index (κ2) is 6.36. The molecule has 0 amide bonds. The van der Waals surface area contributed by atoms with Crippen LogP contribution >= 0.6 is 0 Å². The fraction of sp³-hybridized carbons (Fsp3) is 0.111. The first kappa shape index (κ1) is 14.8. The van der Waals surface area contributed by atoms with Crippen molar-refractivity contribution in [3.05, 3.63) is 71.5 Å². The molecule has 0 saturated heterocycles. The molecule has 1 heterocycles. The molecule has 0 spiro atoms. The summed E-state index contributed by atoms with van der Waals surface area (Å²) in [7, 11) is 1.32. The van der Waals surface area contributed by atoms with Gasteiger partial charge < -0.3 is 13.9 Å². The van der Waals surface area contributed by atoms with Crippen LogP contribution in [0.25, 0.3) is 11.0 Å². The Kier molecular flexibility index (Phi) is 4.10. The van der Waals surface area contributed by atoms with Crippen molar-refractivity contribution in [1.29, 1.82) is 0 Å². The third kappa shape index (κ3) is 3.23. The van der Waals surface area contributed by atoms with E-state index in [1.54, 1.807) is 36.4 Å². The summed E-state index contributed by atoms with van der Waals surface area (Å²) in [5.41, 5.74) is 1.73. The van der Waals surface area contributed by atoms with Crippen molar-refractivity contribution in [3.63, 3.8) is 0 Å². The zero-order valence-electron chi connectivity index (χ0n) is 12.4. The molecule has 23 heavy (non-hydrogen) atoms. The van der Waals surface area contributed by atoms with Crippen LogP contribution in [0.3, 0.4) is 0 Å². The van der Waals surface area contributed by atoms with Gasteiger partial charge in [0.2, 0.25) is 5.76 Å². The van der Waals surface area contributed by atoms with Gasteiger partial charge in [0, 0.05) is 5.39 Å². The SMILES string of the molecule is COC(=O)c1cccc(COC(=O)c2cc3ccccc3o2)c1. The molecule has 0 aliphatic rings. The highest BCUT2D eigenvalue weighted by molar-refractivity contribution is 5.92. The minimum Gasteiger partial charge on any atom is -0.465 e. The van der Waals surface area contributed by atoms with Crippen molar-refractivity contribution < 1.29 is 23.5 Å². The van der Waals surface area contributed by atoms with Gasteiger partial charge in [-0.25, -0.2) is 9.59 Å². The van der Waals surface area contributed by atoms with Gasteiger partial charge >= 0.3 is 11.9 Å². The van der Waals surface area contributed by atoms with Crippen molar-refractivity contribution in [1.82, 2.24) is 0 Å². The highest BCUT2D eigenvalue weighted by Gasteiger charge is 2.14. The lowest BCUT2D eigenvalue weighted by Crippen LogP contribution is -2.05. The molecule has 0 fully saturated rings. The van der Waals surface area contributed by atoms with Crippen LogP contribution < -0.4 is 0 Å². The predicted molar refractivity (Wildman–Crippen MR) is 83.1 cm³/mol. The maximum Gasteiger partial charge on any atom is 0.374 e. The monoisotopic (exact) mass is 310 g/mol. The molecule has 0 radical (unpaired) electrons. The van der Waals surface area contributed by atoms with E-state index in [1.807, 2.05) is 18.2 Å². The Balaban J connectivity index is 1.70. The molecule has 5 heteroatoms. The predicted octanol–water partition coefficient (Wildman–Crippen LogP) is 3.58. The normalized spacial score (nSPS) is 10.5. The van der Waals surface area contributed by atoms with Crippen LogP contribution in [0.15, 0.2) is 59.0 Å². The molecule has 0 N–H and O–H groups in total. The summed E-state index contributed by atoms with van der Waals surface area (Å²) in [6, 6.07) is 15.7. The summed E-state index contributed by atoms with van der Waals surface area (Å²) in [4.78, 5) is 23.5. The number of furan rings is 1. The van der Waals surface area contributed by atoms with Crippen LogP contribution in [-0.2, 0) is 16.1 Å². The maximum atomic E-state index is 12.1. The Morgan fingerprint density at radius 1 is 1.00 bits per heavy atom. The Hall–Kier alpha value is -3.08. The van der Waals surface area contributed by atoms with E-state index >= 15 is 0 Å². The Morgan fingerprint density at radius 2 is 1.83 bits per heavy atom. The molecule has 0 bridgehead atoms. The number of hydrogen-bond donors (Lipinski definition) is 0. The van der Waals surface area contributed by atoms with Gasteiger partial charge in [0.05, 0.1) is 12.7 Å². The molecular weight excluding hydrogens is 296 g/mol. The largest absolute Gasteiger partial charge is 0.465 e. The van der Waals surface area contributed by atoms with Gasteiger partial charge in [0.25, 0.3) is 0 Å². The van der Waals surface area contributed by atoms with Gasteiger partial charge in [-0.05, 0) is 29.8 Å². The quantitative estimate of drug-likeness (QED) is 0.689. The van der Waals surface area contributed by atoms with Gasteiger partial charge in [-0.3, -0.25) is 0 Å². The number of carbonyl (C=O) groups is 2. The number of ether oxygens (including phenoxy) is 2. The third-order valence-corrected chi connectivity index (χ3v) is 3.34. The van der Waals surface area contributed by atoms with Crippen LogP contribution in [0.2, 0.25) is 0 Å². The molecule has 0 aliphatic carbocycles. The van der Waals surface area contributed by atoms with Gasteiger partial charge in [0.1, 0.15) is 12.2 Å². The summed E-state index contributed by atoms with van der Waals surface area (Å²) in [6.45, 7) is 0.0424. The number of rotatable bonds is 4. The topological polar surface area (TPSA) is 65.7 Å². The summed E-state index contributed by atoms with van der Waals surface area (Å²) in [6.07, 6.45) is 0. The van der Waals surface area contributed by atoms with Gasteiger partial charge in [0.15, 0.2) is 0 Å². The number of para-hydroxylation sites is 1.